The number of thiazole rings is 1. The summed E-state index contributed by atoms with van der Waals surface area (Å²) in [4.78, 5) is 8.54. The molecule has 2 aromatic heterocycles. The third-order valence-corrected chi connectivity index (χ3v) is 3.28. The smallest absolute Gasteiger partial charge is 0.135 e. The largest absolute Gasteiger partial charge is 0.383 e. The molecular weight excluding hydrogens is 218 g/mol. The van der Waals surface area contributed by atoms with Crippen molar-refractivity contribution < 1.29 is 0 Å². The predicted molar refractivity (Wildman–Crippen MR) is 67.3 cm³/mol. The van der Waals surface area contributed by atoms with E-state index in [9.17, 15) is 0 Å². The number of rotatable bonds is 1. The Bertz CT molecular complexity index is 645. The molecule has 0 fully saturated rings. The zero-order chi connectivity index (χ0) is 11.0. The average molecular weight is 227 g/mol. The van der Waals surface area contributed by atoms with Gasteiger partial charge in [-0.2, -0.15) is 0 Å². The van der Waals surface area contributed by atoms with E-state index in [-0.39, 0.29) is 0 Å². The van der Waals surface area contributed by atoms with Crippen LogP contribution in [-0.4, -0.2) is 9.97 Å². The van der Waals surface area contributed by atoms with Gasteiger partial charge in [0.05, 0.1) is 5.52 Å². The van der Waals surface area contributed by atoms with E-state index in [0.717, 1.165) is 21.5 Å². The minimum absolute atomic E-state index is 0.575. The van der Waals surface area contributed by atoms with Crippen molar-refractivity contribution in [2.24, 2.45) is 0 Å². The summed E-state index contributed by atoms with van der Waals surface area (Å²) in [5, 5.41) is 3.92. The van der Waals surface area contributed by atoms with E-state index in [1.54, 1.807) is 17.5 Å². The molecule has 3 nitrogen and oxygen atoms in total. The van der Waals surface area contributed by atoms with Crippen LogP contribution >= 0.6 is 11.3 Å². The fourth-order valence-electron chi connectivity index (χ4n) is 1.63. The maximum atomic E-state index is 5.62. The van der Waals surface area contributed by atoms with Gasteiger partial charge in [-0.3, -0.25) is 4.98 Å². The molecule has 0 aliphatic carbocycles. The van der Waals surface area contributed by atoms with Gasteiger partial charge in [0.25, 0.3) is 0 Å². The van der Waals surface area contributed by atoms with Crippen LogP contribution in [0.4, 0.5) is 5.82 Å². The Morgan fingerprint density at radius 1 is 1.19 bits per heavy atom. The third-order valence-electron chi connectivity index (χ3n) is 2.37. The van der Waals surface area contributed by atoms with E-state index in [1.165, 1.54) is 0 Å². The molecule has 0 unspecified atom stereocenters. The Balaban J connectivity index is 2.18. The van der Waals surface area contributed by atoms with Crippen LogP contribution in [0.3, 0.4) is 0 Å². The standard InChI is InChI=1S/C12H9N3S/c13-11-7-16-12(15-11)9-3-4-10-8(6-9)2-1-5-14-10/h1-7H,13H2. The Morgan fingerprint density at radius 3 is 2.94 bits per heavy atom. The maximum absolute atomic E-state index is 5.62. The molecule has 2 N–H and O–H groups in total. The van der Waals surface area contributed by atoms with Crippen molar-refractivity contribution in [1.82, 2.24) is 9.97 Å². The summed E-state index contributed by atoms with van der Waals surface area (Å²) in [6, 6.07) is 10.1. The molecule has 4 heteroatoms. The van der Waals surface area contributed by atoms with Gasteiger partial charge in [-0.25, -0.2) is 4.98 Å². The number of hydrogen-bond acceptors (Lipinski definition) is 4. The predicted octanol–water partition coefficient (Wildman–Crippen LogP) is 2.94. The molecule has 1 aromatic carbocycles. The second-order valence-corrected chi connectivity index (χ2v) is 4.35. The monoisotopic (exact) mass is 227 g/mol. The fraction of sp³-hybridized carbons (Fsp3) is 0. The Labute approximate surface area is 96.6 Å². The van der Waals surface area contributed by atoms with Crippen molar-refractivity contribution in [1.29, 1.82) is 0 Å². The summed E-state index contributed by atoms with van der Waals surface area (Å²) >= 11 is 1.55. The van der Waals surface area contributed by atoms with Crippen LogP contribution in [0.15, 0.2) is 41.9 Å². The molecule has 16 heavy (non-hydrogen) atoms. The van der Waals surface area contributed by atoms with Gasteiger partial charge in [0, 0.05) is 22.5 Å². The van der Waals surface area contributed by atoms with Gasteiger partial charge in [-0.05, 0) is 24.3 Å². The summed E-state index contributed by atoms with van der Waals surface area (Å²) in [7, 11) is 0. The van der Waals surface area contributed by atoms with E-state index >= 15 is 0 Å². The van der Waals surface area contributed by atoms with Crippen LogP contribution in [0, 0.1) is 0 Å². The highest BCUT2D eigenvalue weighted by molar-refractivity contribution is 7.13. The van der Waals surface area contributed by atoms with Crippen LogP contribution < -0.4 is 5.73 Å². The minimum atomic E-state index is 0.575. The lowest BCUT2D eigenvalue weighted by Gasteiger charge is -1.99. The Hall–Kier alpha value is -1.94. The molecule has 78 valence electrons. The summed E-state index contributed by atoms with van der Waals surface area (Å²) < 4.78 is 0. The van der Waals surface area contributed by atoms with Crippen LogP contribution in [0.25, 0.3) is 21.5 Å². The molecule has 0 amide bonds. The number of nitrogen functional groups attached to an aromatic ring is 1. The van der Waals surface area contributed by atoms with Crippen molar-refractivity contribution in [3.05, 3.63) is 41.9 Å². The number of nitrogens with two attached hydrogens (primary N) is 1. The van der Waals surface area contributed by atoms with Gasteiger partial charge in [-0.1, -0.05) is 6.07 Å². The average Bonchev–Trinajstić information content (AvgIpc) is 2.75. The van der Waals surface area contributed by atoms with Crippen molar-refractivity contribution in [3.63, 3.8) is 0 Å². The van der Waals surface area contributed by atoms with Crippen LogP contribution in [-0.2, 0) is 0 Å². The summed E-state index contributed by atoms with van der Waals surface area (Å²) in [6.45, 7) is 0. The lowest BCUT2D eigenvalue weighted by Crippen LogP contribution is -1.84. The van der Waals surface area contributed by atoms with Crippen LogP contribution in [0.5, 0.6) is 0 Å². The van der Waals surface area contributed by atoms with Gasteiger partial charge >= 0.3 is 0 Å². The first-order chi connectivity index (χ1) is 7.83. The molecule has 0 bridgehead atoms. The van der Waals surface area contributed by atoms with Crippen LogP contribution in [0.2, 0.25) is 0 Å². The third kappa shape index (κ3) is 1.53. The highest BCUT2D eigenvalue weighted by Gasteiger charge is 2.03. The zero-order valence-electron chi connectivity index (χ0n) is 8.42. The minimum Gasteiger partial charge on any atom is -0.383 e. The number of hydrogen-bond donors (Lipinski definition) is 1. The molecule has 0 aliphatic heterocycles. The highest BCUT2D eigenvalue weighted by atomic mass is 32.1. The van der Waals surface area contributed by atoms with Crippen LogP contribution in [0.1, 0.15) is 0 Å². The molecule has 3 rings (SSSR count). The second-order valence-electron chi connectivity index (χ2n) is 3.49. The maximum Gasteiger partial charge on any atom is 0.135 e. The van der Waals surface area contributed by atoms with Crippen molar-refractivity contribution in [3.8, 4) is 10.6 Å². The quantitative estimate of drug-likeness (QED) is 0.695. The van der Waals surface area contributed by atoms with E-state index < -0.39 is 0 Å². The molecule has 0 spiro atoms. The number of pyridine rings is 1. The van der Waals surface area contributed by atoms with Crippen molar-refractivity contribution in [2.75, 3.05) is 5.73 Å². The molecular formula is C12H9N3S. The number of aromatic nitrogens is 2. The molecule has 3 aromatic rings. The molecule has 0 saturated heterocycles. The highest BCUT2D eigenvalue weighted by Crippen LogP contribution is 2.26. The fourth-order valence-corrected chi connectivity index (χ4v) is 2.33. The van der Waals surface area contributed by atoms with E-state index in [1.807, 2.05) is 29.6 Å². The molecule has 0 aliphatic rings. The number of nitrogens with zero attached hydrogens (tertiary/aromatic N) is 2. The first kappa shape index (κ1) is 9.30. The Morgan fingerprint density at radius 2 is 2.12 bits per heavy atom. The SMILES string of the molecule is Nc1csc(-c2ccc3ncccc3c2)n1. The second kappa shape index (κ2) is 3.57. The number of fused-ring (bicyclic) bond motifs is 1. The summed E-state index contributed by atoms with van der Waals surface area (Å²) in [5.74, 6) is 0.575. The van der Waals surface area contributed by atoms with Crippen molar-refractivity contribution in [2.45, 2.75) is 0 Å². The van der Waals surface area contributed by atoms with E-state index in [2.05, 4.69) is 16.0 Å². The Kier molecular flexibility index (Phi) is 2.08. The summed E-state index contributed by atoms with van der Waals surface area (Å²) in [6.07, 6.45) is 1.80. The molecule has 0 radical (unpaired) electrons. The lowest BCUT2D eigenvalue weighted by molar-refractivity contribution is 1.40. The lowest BCUT2D eigenvalue weighted by atomic mass is 10.1. The van der Waals surface area contributed by atoms with Gasteiger partial charge < -0.3 is 5.73 Å². The first-order valence-corrected chi connectivity index (χ1v) is 5.77. The summed E-state index contributed by atoms with van der Waals surface area (Å²) in [5.41, 5.74) is 7.70. The first-order valence-electron chi connectivity index (χ1n) is 4.89. The number of benzene rings is 1. The number of anilines is 1. The normalized spacial score (nSPS) is 10.8. The van der Waals surface area contributed by atoms with Gasteiger partial charge in [-0.15, -0.1) is 11.3 Å². The van der Waals surface area contributed by atoms with Crippen molar-refractivity contribution >= 4 is 28.1 Å². The topological polar surface area (TPSA) is 51.8 Å². The van der Waals surface area contributed by atoms with Gasteiger partial charge in [0.2, 0.25) is 0 Å². The van der Waals surface area contributed by atoms with Gasteiger partial charge in [0.1, 0.15) is 10.8 Å². The molecule has 0 atom stereocenters. The van der Waals surface area contributed by atoms with Gasteiger partial charge in [0.15, 0.2) is 0 Å². The zero-order valence-corrected chi connectivity index (χ0v) is 9.24. The van der Waals surface area contributed by atoms with E-state index in [4.69, 9.17) is 5.73 Å². The molecule has 0 saturated carbocycles. The molecule has 2 heterocycles. The van der Waals surface area contributed by atoms with E-state index in [0.29, 0.717) is 5.82 Å².